The van der Waals surface area contributed by atoms with Gasteiger partial charge in [0.05, 0.1) is 0 Å². The van der Waals surface area contributed by atoms with E-state index >= 15 is 0 Å². The average molecular weight is 289 g/mol. The minimum absolute atomic E-state index is 0.0780. The molecular weight excluding hydrogens is 272 g/mol. The van der Waals surface area contributed by atoms with E-state index in [9.17, 15) is 4.79 Å². The van der Waals surface area contributed by atoms with Gasteiger partial charge in [-0.05, 0) is 42.3 Å². The number of aryl methyl sites for hydroxylation is 1. The average Bonchev–Trinajstić information content (AvgIpc) is 2.46. The van der Waals surface area contributed by atoms with E-state index in [1.807, 2.05) is 43.3 Å². The number of hydrogen-bond acceptors (Lipinski definition) is 2. The highest BCUT2D eigenvalue weighted by Gasteiger charge is 2.06. The topological polar surface area (TPSA) is 41.1 Å². The van der Waals surface area contributed by atoms with Gasteiger partial charge in [0, 0.05) is 29.9 Å². The molecule has 1 amide bonds. The van der Waals surface area contributed by atoms with E-state index in [1.54, 1.807) is 13.1 Å². The zero-order chi connectivity index (χ0) is 14.5. The molecule has 2 rings (SSSR count). The normalized spacial score (nSPS) is 10.2. The monoisotopic (exact) mass is 288 g/mol. The maximum absolute atomic E-state index is 11.6. The number of carbonyl (C=O) groups is 1. The van der Waals surface area contributed by atoms with E-state index in [0.29, 0.717) is 12.1 Å². The molecular formula is C16H17ClN2O. The number of amides is 1. The van der Waals surface area contributed by atoms with Gasteiger partial charge in [0.15, 0.2) is 0 Å². The van der Waals surface area contributed by atoms with Gasteiger partial charge >= 0.3 is 0 Å². The van der Waals surface area contributed by atoms with Gasteiger partial charge in [-0.3, -0.25) is 4.79 Å². The van der Waals surface area contributed by atoms with Gasteiger partial charge in [0.25, 0.3) is 5.91 Å². The fourth-order valence-corrected chi connectivity index (χ4v) is 2.18. The Bertz CT molecular complexity index is 626. The second-order valence-electron chi connectivity index (χ2n) is 4.55. The van der Waals surface area contributed by atoms with E-state index in [4.69, 9.17) is 11.6 Å². The summed E-state index contributed by atoms with van der Waals surface area (Å²) in [5.41, 5.74) is 3.73. The van der Waals surface area contributed by atoms with Crippen molar-refractivity contribution >= 4 is 23.2 Å². The summed E-state index contributed by atoms with van der Waals surface area (Å²) in [4.78, 5) is 11.6. The molecule has 0 aromatic heterocycles. The van der Waals surface area contributed by atoms with Gasteiger partial charge in [0.2, 0.25) is 0 Å². The van der Waals surface area contributed by atoms with Gasteiger partial charge in [-0.15, -0.1) is 0 Å². The zero-order valence-corrected chi connectivity index (χ0v) is 12.3. The molecule has 2 aromatic carbocycles. The molecule has 0 spiro atoms. The molecule has 0 aliphatic heterocycles. The molecule has 4 heteroatoms. The van der Waals surface area contributed by atoms with Crippen molar-refractivity contribution in [3.8, 4) is 0 Å². The smallest absolute Gasteiger partial charge is 0.251 e. The summed E-state index contributed by atoms with van der Waals surface area (Å²) in [7, 11) is 1.63. The predicted octanol–water partition coefficient (Wildman–Crippen LogP) is 3.62. The molecule has 0 radical (unpaired) electrons. The van der Waals surface area contributed by atoms with Gasteiger partial charge < -0.3 is 10.6 Å². The third-order valence-electron chi connectivity index (χ3n) is 3.14. The molecule has 0 bridgehead atoms. The third kappa shape index (κ3) is 3.31. The SMILES string of the molecule is CNC(=O)c1ccc(NCc2ccccc2Cl)c(C)c1. The lowest BCUT2D eigenvalue weighted by atomic mass is 10.1. The maximum atomic E-state index is 11.6. The second kappa shape index (κ2) is 6.44. The molecule has 2 N–H and O–H groups in total. The Morgan fingerprint density at radius 3 is 2.60 bits per heavy atom. The van der Waals surface area contributed by atoms with Crippen LogP contribution in [0.3, 0.4) is 0 Å². The van der Waals surface area contributed by atoms with Crippen LogP contribution in [0.25, 0.3) is 0 Å². The van der Waals surface area contributed by atoms with Gasteiger partial charge in [-0.25, -0.2) is 0 Å². The molecule has 0 fully saturated rings. The van der Waals surface area contributed by atoms with Crippen molar-refractivity contribution in [2.45, 2.75) is 13.5 Å². The lowest BCUT2D eigenvalue weighted by Crippen LogP contribution is -2.17. The minimum Gasteiger partial charge on any atom is -0.381 e. The Balaban J connectivity index is 2.11. The highest BCUT2D eigenvalue weighted by Crippen LogP contribution is 2.20. The van der Waals surface area contributed by atoms with E-state index in [2.05, 4.69) is 10.6 Å². The molecule has 104 valence electrons. The standard InChI is InChI=1S/C16H17ClN2O/c1-11-9-12(16(20)18-2)7-8-15(11)19-10-13-5-3-4-6-14(13)17/h3-9,19H,10H2,1-2H3,(H,18,20). The van der Waals surface area contributed by atoms with Crippen molar-refractivity contribution in [2.24, 2.45) is 0 Å². The molecule has 0 atom stereocenters. The van der Waals surface area contributed by atoms with Crippen LogP contribution in [0.5, 0.6) is 0 Å². The van der Waals surface area contributed by atoms with E-state index in [0.717, 1.165) is 21.8 Å². The molecule has 0 heterocycles. The molecule has 0 saturated heterocycles. The number of rotatable bonds is 4. The lowest BCUT2D eigenvalue weighted by Gasteiger charge is -2.11. The molecule has 0 aliphatic rings. The van der Waals surface area contributed by atoms with Gasteiger partial charge in [-0.2, -0.15) is 0 Å². The number of anilines is 1. The predicted molar refractivity (Wildman–Crippen MR) is 83.3 cm³/mol. The van der Waals surface area contributed by atoms with Crippen molar-refractivity contribution in [1.29, 1.82) is 0 Å². The first-order chi connectivity index (χ1) is 9.61. The van der Waals surface area contributed by atoms with Crippen LogP contribution in [-0.2, 0) is 6.54 Å². The van der Waals surface area contributed by atoms with Crippen LogP contribution in [0.15, 0.2) is 42.5 Å². The Labute approximate surface area is 124 Å². The van der Waals surface area contributed by atoms with Crippen molar-refractivity contribution < 1.29 is 4.79 Å². The molecule has 0 saturated carbocycles. The molecule has 2 aromatic rings. The minimum atomic E-state index is -0.0780. The van der Waals surface area contributed by atoms with Crippen LogP contribution >= 0.6 is 11.6 Å². The van der Waals surface area contributed by atoms with E-state index in [1.165, 1.54) is 0 Å². The first kappa shape index (κ1) is 14.4. The Morgan fingerprint density at radius 1 is 1.20 bits per heavy atom. The van der Waals surface area contributed by atoms with Crippen LogP contribution in [-0.4, -0.2) is 13.0 Å². The van der Waals surface area contributed by atoms with Crippen LogP contribution in [0.4, 0.5) is 5.69 Å². The third-order valence-corrected chi connectivity index (χ3v) is 3.51. The first-order valence-corrected chi connectivity index (χ1v) is 6.79. The van der Waals surface area contributed by atoms with Crippen LogP contribution in [0, 0.1) is 6.92 Å². The maximum Gasteiger partial charge on any atom is 0.251 e. The first-order valence-electron chi connectivity index (χ1n) is 6.42. The summed E-state index contributed by atoms with van der Waals surface area (Å²) >= 11 is 6.12. The zero-order valence-electron chi connectivity index (χ0n) is 11.5. The highest BCUT2D eigenvalue weighted by molar-refractivity contribution is 6.31. The molecule has 0 unspecified atom stereocenters. The molecule has 0 aliphatic carbocycles. The lowest BCUT2D eigenvalue weighted by molar-refractivity contribution is 0.0963. The summed E-state index contributed by atoms with van der Waals surface area (Å²) in [5.74, 6) is -0.0780. The number of benzene rings is 2. The summed E-state index contributed by atoms with van der Waals surface area (Å²) < 4.78 is 0. The van der Waals surface area contributed by atoms with Crippen LogP contribution in [0.1, 0.15) is 21.5 Å². The van der Waals surface area contributed by atoms with E-state index < -0.39 is 0 Å². The Hall–Kier alpha value is -2.00. The largest absolute Gasteiger partial charge is 0.381 e. The number of nitrogens with one attached hydrogen (secondary N) is 2. The van der Waals surface area contributed by atoms with E-state index in [-0.39, 0.29) is 5.91 Å². The molecule has 20 heavy (non-hydrogen) atoms. The summed E-state index contributed by atoms with van der Waals surface area (Å²) in [6.45, 7) is 2.63. The second-order valence-corrected chi connectivity index (χ2v) is 4.96. The number of hydrogen-bond donors (Lipinski definition) is 2. The Morgan fingerprint density at radius 2 is 1.95 bits per heavy atom. The van der Waals surface area contributed by atoms with Crippen LogP contribution in [0.2, 0.25) is 5.02 Å². The van der Waals surface area contributed by atoms with Gasteiger partial charge in [-0.1, -0.05) is 29.8 Å². The van der Waals surface area contributed by atoms with Crippen molar-refractivity contribution in [3.63, 3.8) is 0 Å². The fraction of sp³-hybridized carbons (Fsp3) is 0.188. The quantitative estimate of drug-likeness (QED) is 0.902. The fourth-order valence-electron chi connectivity index (χ4n) is 1.98. The number of halogens is 1. The highest BCUT2D eigenvalue weighted by atomic mass is 35.5. The van der Waals surface area contributed by atoms with Gasteiger partial charge in [0.1, 0.15) is 0 Å². The van der Waals surface area contributed by atoms with Crippen molar-refractivity contribution in [1.82, 2.24) is 5.32 Å². The summed E-state index contributed by atoms with van der Waals surface area (Å²) in [6, 6.07) is 13.3. The Kier molecular flexibility index (Phi) is 4.64. The van der Waals surface area contributed by atoms with Crippen LogP contribution < -0.4 is 10.6 Å². The summed E-state index contributed by atoms with van der Waals surface area (Å²) in [5, 5.41) is 6.70. The summed E-state index contributed by atoms with van der Waals surface area (Å²) in [6.07, 6.45) is 0. The molecule has 3 nitrogen and oxygen atoms in total. The van der Waals surface area contributed by atoms with Crippen molar-refractivity contribution in [2.75, 3.05) is 12.4 Å². The van der Waals surface area contributed by atoms with Crippen molar-refractivity contribution in [3.05, 3.63) is 64.2 Å². The number of carbonyl (C=O) groups excluding carboxylic acids is 1.